The van der Waals surface area contributed by atoms with Crippen LogP contribution in [0, 0.1) is 0 Å². The number of rotatable bonds is 9. The molecule has 3 heteroatoms. The van der Waals surface area contributed by atoms with Gasteiger partial charge in [-0.2, -0.15) is 0 Å². The summed E-state index contributed by atoms with van der Waals surface area (Å²) in [5.41, 5.74) is 4.67. The lowest BCUT2D eigenvalue weighted by atomic mass is 10.0. The van der Waals surface area contributed by atoms with Crippen LogP contribution in [-0.4, -0.2) is 16.2 Å². The molecule has 0 saturated heterocycles. The molecule has 0 aliphatic rings. The lowest BCUT2D eigenvalue weighted by Gasteiger charge is -2.14. The zero-order chi connectivity index (χ0) is 21.5. The van der Waals surface area contributed by atoms with Gasteiger partial charge >= 0.3 is 0 Å². The number of benzene rings is 3. The van der Waals surface area contributed by atoms with Crippen molar-refractivity contribution >= 4 is 23.2 Å². The van der Waals surface area contributed by atoms with Crippen LogP contribution in [0.3, 0.4) is 0 Å². The Labute approximate surface area is 185 Å². The molecule has 1 heterocycles. The van der Waals surface area contributed by atoms with Crippen molar-refractivity contribution in [1.29, 1.82) is 0 Å². The number of imidazole rings is 1. The van der Waals surface area contributed by atoms with Crippen LogP contribution in [0.4, 0.5) is 0 Å². The monoisotopic (exact) mass is 410 g/mol. The topological polar surface area (TPSA) is 27.1 Å². The molecule has 0 fully saturated rings. The molecule has 4 rings (SSSR count). The number of hydrogen-bond acceptors (Lipinski definition) is 2. The number of aromatic nitrogens is 2. The van der Waals surface area contributed by atoms with Crippen LogP contribution >= 0.6 is 0 Å². The van der Waals surface area contributed by atoms with Crippen LogP contribution in [0.1, 0.15) is 49.6 Å². The lowest BCUT2D eigenvalue weighted by Crippen LogP contribution is -2.05. The second kappa shape index (κ2) is 10.1. The van der Waals surface area contributed by atoms with Gasteiger partial charge in [-0.15, -0.1) is 0 Å². The Kier molecular flexibility index (Phi) is 6.83. The average molecular weight is 411 g/mol. The van der Waals surface area contributed by atoms with E-state index in [2.05, 4.69) is 91.2 Å². The quantitative estimate of drug-likeness (QED) is 0.273. The van der Waals surface area contributed by atoms with Gasteiger partial charge < -0.3 is 9.30 Å². The van der Waals surface area contributed by atoms with E-state index in [0.717, 1.165) is 43.1 Å². The average Bonchev–Trinajstić information content (AvgIpc) is 3.16. The summed E-state index contributed by atoms with van der Waals surface area (Å²) < 4.78 is 8.42. The van der Waals surface area contributed by atoms with Crippen LogP contribution in [0.25, 0.3) is 23.2 Å². The largest absolute Gasteiger partial charge is 0.493 e. The molecule has 158 valence electrons. The molecule has 0 N–H and O–H groups in total. The van der Waals surface area contributed by atoms with E-state index >= 15 is 0 Å². The Morgan fingerprint density at radius 2 is 1.58 bits per heavy atom. The molecular weight excluding hydrogens is 380 g/mol. The second-order valence-electron chi connectivity index (χ2n) is 8.10. The van der Waals surface area contributed by atoms with Gasteiger partial charge in [0.25, 0.3) is 0 Å². The minimum Gasteiger partial charge on any atom is -0.493 e. The maximum Gasteiger partial charge on any atom is 0.133 e. The summed E-state index contributed by atoms with van der Waals surface area (Å²) >= 11 is 0. The van der Waals surface area contributed by atoms with Gasteiger partial charge in [0.2, 0.25) is 0 Å². The molecule has 1 aromatic heterocycles. The molecule has 3 aromatic carbocycles. The Morgan fingerprint density at radius 1 is 0.839 bits per heavy atom. The van der Waals surface area contributed by atoms with E-state index in [1.165, 1.54) is 16.6 Å². The van der Waals surface area contributed by atoms with Crippen molar-refractivity contribution in [3.63, 3.8) is 0 Å². The molecule has 4 aromatic rings. The molecule has 0 saturated carbocycles. The molecule has 0 atom stereocenters. The SMILES string of the molecule is CC(C)c1ccccc1OCCCCn1c(/C=C/c2ccccc2)nc2ccccc21. The van der Waals surface area contributed by atoms with Crippen LogP contribution in [-0.2, 0) is 6.54 Å². The fraction of sp³-hybridized carbons (Fsp3) is 0.250. The molecule has 0 amide bonds. The standard InChI is InChI=1S/C28H30N2O/c1-22(2)24-14-6-9-17-27(24)31-21-11-10-20-30-26-16-8-7-15-25(26)29-28(30)19-18-23-12-4-3-5-13-23/h3-9,12-19,22H,10-11,20-21H2,1-2H3/b19-18+. The summed E-state index contributed by atoms with van der Waals surface area (Å²) in [5.74, 6) is 2.47. The van der Waals surface area contributed by atoms with Crippen molar-refractivity contribution < 1.29 is 4.74 Å². The van der Waals surface area contributed by atoms with E-state index in [0.29, 0.717) is 5.92 Å². The van der Waals surface area contributed by atoms with Gasteiger partial charge in [-0.3, -0.25) is 0 Å². The van der Waals surface area contributed by atoms with Crippen LogP contribution in [0.15, 0.2) is 78.9 Å². The molecule has 3 nitrogen and oxygen atoms in total. The third kappa shape index (κ3) is 5.24. The van der Waals surface area contributed by atoms with Gasteiger partial charge in [0.15, 0.2) is 0 Å². The zero-order valence-corrected chi connectivity index (χ0v) is 18.4. The van der Waals surface area contributed by atoms with Gasteiger partial charge in [-0.1, -0.05) is 80.6 Å². The minimum absolute atomic E-state index is 0.465. The number of ether oxygens (including phenoxy) is 1. The first-order chi connectivity index (χ1) is 15.2. The summed E-state index contributed by atoms with van der Waals surface area (Å²) in [5, 5.41) is 0. The summed E-state index contributed by atoms with van der Waals surface area (Å²) in [6.45, 7) is 6.06. The summed E-state index contributed by atoms with van der Waals surface area (Å²) in [7, 11) is 0. The van der Waals surface area contributed by atoms with Crippen molar-refractivity contribution in [2.24, 2.45) is 0 Å². The van der Waals surface area contributed by atoms with Crippen molar-refractivity contribution in [3.8, 4) is 5.75 Å². The first-order valence-corrected chi connectivity index (χ1v) is 11.1. The van der Waals surface area contributed by atoms with E-state index in [1.807, 2.05) is 18.2 Å². The molecule has 0 unspecified atom stereocenters. The number of hydrogen-bond donors (Lipinski definition) is 0. The maximum atomic E-state index is 6.10. The van der Waals surface area contributed by atoms with Crippen LogP contribution < -0.4 is 4.74 Å². The van der Waals surface area contributed by atoms with Crippen molar-refractivity contribution in [2.75, 3.05) is 6.61 Å². The van der Waals surface area contributed by atoms with Gasteiger partial charge in [0.1, 0.15) is 11.6 Å². The van der Waals surface area contributed by atoms with E-state index in [1.54, 1.807) is 0 Å². The lowest BCUT2D eigenvalue weighted by molar-refractivity contribution is 0.299. The number of nitrogens with zero attached hydrogens (tertiary/aromatic N) is 2. The van der Waals surface area contributed by atoms with Crippen molar-refractivity contribution in [1.82, 2.24) is 9.55 Å². The van der Waals surface area contributed by atoms with E-state index in [-0.39, 0.29) is 0 Å². The first kappa shape index (κ1) is 20.9. The maximum absolute atomic E-state index is 6.10. The Morgan fingerprint density at radius 3 is 2.42 bits per heavy atom. The van der Waals surface area contributed by atoms with E-state index < -0.39 is 0 Å². The van der Waals surface area contributed by atoms with Gasteiger partial charge in [-0.25, -0.2) is 4.98 Å². The van der Waals surface area contributed by atoms with Gasteiger partial charge in [0, 0.05) is 6.54 Å². The van der Waals surface area contributed by atoms with Crippen LogP contribution in [0.5, 0.6) is 5.75 Å². The number of unbranched alkanes of at least 4 members (excludes halogenated alkanes) is 1. The highest BCUT2D eigenvalue weighted by atomic mass is 16.5. The van der Waals surface area contributed by atoms with Crippen LogP contribution in [0.2, 0.25) is 0 Å². The normalized spacial score (nSPS) is 11.6. The third-order valence-electron chi connectivity index (χ3n) is 5.48. The fourth-order valence-electron chi connectivity index (χ4n) is 3.83. The molecular formula is C28H30N2O. The number of aryl methyl sites for hydroxylation is 1. The summed E-state index contributed by atoms with van der Waals surface area (Å²) in [4.78, 5) is 4.85. The molecule has 0 spiro atoms. The highest BCUT2D eigenvalue weighted by molar-refractivity contribution is 5.79. The zero-order valence-electron chi connectivity index (χ0n) is 18.4. The molecule has 0 bridgehead atoms. The fourth-order valence-corrected chi connectivity index (χ4v) is 3.83. The molecule has 0 radical (unpaired) electrons. The smallest absolute Gasteiger partial charge is 0.133 e. The summed E-state index contributed by atoms with van der Waals surface area (Å²) in [6, 6.07) is 27.1. The summed E-state index contributed by atoms with van der Waals surface area (Å²) in [6.07, 6.45) is 6.28. The second-order valence-corrected chi connectivity index (χ2v) is 8.10. The predicted molar refractivity (Wildman–Crippen MR) is 130 cm³/mol. The van der Waals surface area contributed by atoms with Crippen molar-refractivity contribution in [2.45, 2.75) is 39.2 Å². The molecule has 31 heavy (non-hydrogen) atoms. The molecule has 0 aliphatic heterocycles. The number of fused-ring (bicyclic) bond motifs is 1. The van der Waals surface area contributed by atoms with Gasteiger partial charge in [-0.05, 0) is 54.2 Å². The Bertz CT molecular complexity index is 1140. The van der Waals surface area contributed by atoms with Crippen molar-refractivity contribution in [3.05, 3.63) is 95.8 Å². The third-order valence-corrected chi connectivity index (χ3v) is 5.48. The highest BCUT2D eigenvalue weighted by Crippen LogP contribution is 2.26. The minimum atomic E-state index is 0.465. The molecule has 0 aliphatic carbocycles. The Balaban J connectivity index is 1.42. The van der Waals surface area contributed by atoms with E-state index in [9.17, 15) is 0 Å². The van der Waals surface area contributed by atoms with Gasteiger partial charge in [0.05, 0.1) is 17.6 Å². The first-order valence-electron chi connectivity index (χ1n) is 11.1. The predicted octanol–water partition coefficient (Wildman–Crippen LogP) is 7.19. The number of para-hydroxylation sites is 3. The van der Waals surface area contributed by atoms with E-state index in [4.69, 9.17) is 9.72 Å². The highest BCUT2D eigenvalue weighted by Gasteiger charge is 2.09. The Hall–Kier alpha value is -3.33.